The van der Waals surface area contributed by atoms with Gasteiger partial charge in [0.2, 0.25) is 0 Å². The number of nitrogens with zero attached hydrogens (tertiary/aromatic N) is 4. The molecule has 0 unspecified atom stereocenters. The van der Waals surface area contributed by atoms with Crippen molar-refractivity contribution >= 4 is 55.9 Å². The van der Waals surface area contributed by atoms with Crippen LogP contribution in [0.2, 0.25) is 0 Å². The number of aromatic nitrogens is 2. The monoisotopic (exact) mass is 906 g/mol. The molecule has 70 heavy (non-hydrogen) atoms. The maximum Gasteiger partial charge on any atom is 0.0542 e. The summed E-state index contributed by atoms with van der Waals surface area (Å²) in [7, 11) is 0. The Labute approximate surface area is 413 Å². The first-order valence-corrected chi connectivity index (χ1v) is 24.4. The molecular formula is C66H58N4. The highest BCUT2D eigenvalue weighted by molar-refractivity contribution is 6.02. The molecule has 0 spiro atoms. The lowest BCUT2D eigenvalue weighted by atomic mass is 10.1. The smallest absolute Gasteiger partial charge is 0.0542 e. The van der Waals surface area contributed by atoms with Crippen LogP contribution in [0.3, 0.4) is 0 Å². The second kappa shape index (κ2) is 18.0. The molecule has 0 saturated carbocycles. The molecular weight excluding hydrogens is 849 g/mol. The fraction of sp³-hybridized carbons (Fsp3) is 0.121. The number of benzene rings is 9. The van der Waals surface area contributed by atoms with E-state index in [1.165, 1.54) is 55.3 Å². The second-order valence-corrected chi connectivity index (χ2v) is 19.5. The van der Waals surface area contributed by atoms with Gasteiger partial charge in [-0.2, -0.15) is 0 Å². The Morgan fingerprint density at radius 3 is 0.800 bits per heavy atom. The number of rotatable bonds is 10. The molecule has 0 bridgehead atoms. The highest BCUT2D eigenvalue weighted by Gasteiger charge is 2.21. The molecule has 0 aliphatic rings. The van der Waals surface area contributed by atoms with Gasteiger partial charge in [-0.05, 0) is 232 Å². The van der Waals surface area contributed by atoms with Crippen molar-refractivity contribution in [1.82, 2.24) is 9.13 Å². The van der Waals surface area contributed by atoms with Crippen molar-refractivity contribution in [2.24, 2.45) is 0 Å². The maximum absolute atomic E-state index is 2.43. The van der Waals surface area contributed by atoms with E-state index >= 15 is 0 Å². The Kier molecular flexibility index (Phi) is 11.3. The Bertz CT molecular complexity index is 3290. The highest BCUT2D eigenvalue weighted by atomic mass is 15.1. The van der Waals surface area contributed by atoms with Crippen LogP contribution in [0, 0.1) is 55.4 Å². The van der Waals surface area contributed by atoms with Crippen molar-refractivity contribution in [2.75, 3.05) is 9.80 Å². The summed E-state index contributed by atoms with van der Waals surface area (Å²) in [5.41, 5.74) is 26.0. The molecule has 2 heterocycles. The minimum Gasteiger partial charge on any atom is -0.310 e. The Morgan fingerprint density at radius 2 is 0.529 bits per heavy atom. The summed E-state index contributed by atoms with van der Waals surface area (Å²) >= 11 is 0. The zero-order chi connectivity index (χ0) is 48.2. The van der Waals surface area contributed by atoms with E-state index in [4.69, 9.17) is 0 Å². The Hall–Kier alpha value is -8.34. The summed E-state index contributed by atoms with van der Waals surface area (Å²) in [5.74, 6) is 0. The lowest BCUT2D eigenvalue weighted by Crippen LogP contribution is -2.11. The second-order valence-electron chi connectivity index (χ2n) is 19.5. The number of anilines is 6. The van der Waals surface area contributed by atoms with E-state index in [2.05, 4.69) is 281 Å². The fourth-order valence-corrected chi connectivity index (χ4v) is 10.8. The third-order valence-corrected chi connectivity index (χ3v) is 13.5. The summed E-state index contributed by atoms with van der Waals surface area (Å²) in [6.45, 7) is 17.4. The SMILES string of the molecule is Cc1cc(C)cc(N(c2ccc(-c3cc4cc5c(cc(-c6ccc(N(c7cc(C)cc(C)c7)c7cc(C)cc(C)c7)cc6)n5-c5ccccc5)cc4n3-c3ccccc3)cc2)c2cc(C)cc(C)c2)c1. The van der Waals surface area contributed by atoms with Gasteiger partial charge in [-0.1, -0.05) is 84.9 Å². The van der Waals surface area contributed by atoms with Gasteiger partial charge in [0.15, 0.2) is 0 Å². The summed E-state index contributed by atoms with van der Waals surface area (Å²) in [6.07, 6.45) is 0. The van der Waals surface area contributed by atoms with Crippen LogP contribution in [0.25, 0.3) is 55.7 Å². The van der Waals surface area contributed by atoms with Gasteiger partial charge in [-0.25, -0.2) is 0 Å². The van der Waals surface area contributed by atoms with E-state index in [0.29, 0.717) is 0 Å². The predicted molar refractivity (Wildman–Crippen MR) is 298 cm³/mol. The summed E-state index contributed by atoms with van der Waals surface area (Å²) in [4.78, 5) is 4.78. The van der Waals surface area contributed by atoms with Crippen LogP contribution in [0.1, 0.15) is 44.5 Å². The van der Waals surface area contributed by atoms with Crippen LogP contribution in [0.5, 0.6) is 0 Å². The zero-order valence-electron chi connectivity index (χ0n) is 41.4. The number of para-hydroxylation sites is 2. The molecule has 4 heteroatoms. The molecule has 0 amide bonds. The molecule has 0 radical (unpaired) electrons. The minimum absolute atomic E-state index is 1.12. The van der Waals surface area contributed by atoms with Gasteiger partial charge in [0, 0.05) is 56.3 Å². The zero-order valence-corrected chi connectivity index (χ0v) is 41.4. The van der Waals surface area contributed by atoms with Crippen molar-refractivity contribution < 1.29 is 0 Å². The molecule has 342 valence electrons. The van der Waals surface area contributed by atoms with E-state index in [1.54, 1.807) is 0 Å². The highest BCUT2D eigenvalue weighted by Crippen LogP contribution is 2.43. The molecule has 0 aliphatic heterocycles. The van der Waals surface area contributed by atoms with Gasteiger partial charge in [0.05, 0.1) is 22.4 Å². The number of aryl methyl sites for hydroxylation is 8. The third-order valence-electron chi connectivity index (χ3n) is 13.5. The van der Waals surface area contributed by atoms with Gasteiger partial charge in [0.1, 0.15) is 0 Å². The van der Waals surface area contributed by atoms with Crippen LogP contribution in [-0.4, -0.2) is 9.13 Å². The standard InChI is InChI=1S/C66H58N4/c1-43-27-44(2)32-59(31-43)67(60-33-45(3)28-46(4)34-60)57-23-19-51(20-24-57)63-39-53-41-66-54(42-65(53)69(63)55-15-11-9-12-16-55)40-64(70(66)56-17-13-10-14-18-56)52-21-25-58(26-22-52)68(61-35-47(5)29-48(6)36-61)62-37-49(7)30-50(8)38-62/h9-42H,1-8H3. The quantitative estimate of drug-likeness (QED) is 0.136. The lowest BCUT2D eigenvalue weighted by Gasteiger charge is -2.27. The first-order valence-electron chi connectivity index (χ1n) is 24.4. The molecule has 0 aliphatic carbocycles. The first-order chi connectivity index (χ1) is 33.9. The Morgan fingerprint density at radius 1 is 0.257 bits per heavy atom. The third kappa shape index (κ3) is 8.47. The van der Waals surface area contributed by atoms with Gasteiger partial charge in [-0.3, -0.25) is 0 Å². The van der Waals surface area contributed by atoms with Crippen molar-refractivity contribution in [3.05, 3.63) is 251 Å². The molecule has 11 rings (SSSR count). The summed E-state index contributed by atoms with van der Waals surface area (Å²) < 4.78 is 4.86. The first kappa shape index (κ1) is 44.2. The van der Waals surface area contributed by atoms with Crippen LogP contribution >= 0.6 is 0 Å². The van der Waals surface area contributed by atoms with E-state index in [0.717, 1.165) is 79.0 Å². The average Bonchev–Trinajstić information content (AvgIpc) is 3.89. The average molecular weight is 907 g/mol. The van der Waals surface area contributed by atoms with E-state index < -0.39 is 0 Å². The van der Waals surface area contributed by atoms with E-state index in [1.807, 2.05) is 0 Å². The number of fused-ring (bicyclic) bond motifs is 2. The molecule has 9 aromatic carbocycles. The minimum atomic E-state index is 1.12. The van der Waals surface area contributed by atoms with Crippen molar-refractivity contribution in [2.45, 2.75) is 55.4 Å². The Balaban J connectivity index is 1.04. The largest absolute Gasteiger partial charge is 0.310 e. The number of hydrogen-bond acceptors (Lipinski definition) is 2. The molecule has 0 atom stereocenters. The van der Waals surface area contributed by atoms with Crippen LogP contribution in [0.15, 0.2) is 206 Å². The summed E-state index contributed by atoms with van der Waals surface area (Å²) in [5, 5.41) is 2.36. The fourth-order valence-electron chi connectivity index (χ4n) is 10.8. The van der Waals surface area contributed by atoms with Crippen LogP contribution in [0.4, 0.5) is 34.1 Å². The van der Waals surface area contributed by atoms with Crippen LogP contribution < -0.4 is 9.80 Å². The topological polar surface area (TPSA) is 16.3 Å². The molecule has 11 aromatic rings. The molecule has 0 saturated heterocycles. The van der Waals surface area contributed by atoms with E-state index in [9.17, 15) is 0 Å². The molecule has 4 nitrogen and oxygen atoms in total. The normalized spacial score (nSPS) is 11.4. The maximum atomic E-state index is 2.43. The van der Waals surface area contributed by atoms with Gasteiger partial charge >= 0.3 is 0 Å². The molecule has 0 fully saturated rings. The van der Waals surface area contributed by atoms with E-state index in [-0.39, 0.29) is 0 Å². The lowest BCUT2D eigenvalue weighted by molar-refractivity contribution is 1.13. The van der Waals surface area contributed by atoms with Crippen molar-refractivity contribution in [3.8, 4) is 33.9 Å². The predicted octanol–water partition coefficient (Wildman–Crippen LogP) is 18.3. The molecule has 0 N–H and O–H groups in total. The van der Waals surface area contributed by atoms with Crippen LogP contribution in [-0.2, 0) is 0 Å². The van der Waals surface area contributed by atoms with Gasteiger partial charge in [-0.15, -0.1) is 0 Å². The molecule has 2 aromatic heterocycles. The summed E-state index contributed by atoms with van der Waals surface area (Å²) in [6, 6.07) is 76.6. The van der Waals surface area contributed by atoms with Gasteiger partial charge < -0.3 is 18.9 Å². The van der Waals surface area contributed by atoms with Crippen molar-refractivity contribution in [3.63, 3.8) is 0 Å². The number of hydrogen-bond donors (Lipinski definition) is 0. The van der Waals surface area contributed by atoms with Crippen molar-refractivity contribution in [1.29, 1.82) is 0 Å². The van der Waals surface area contributed by atoms with Gasteiger partial charge in [0.25, 0.3) is 0 Å².